The number of furan rings is 1. The highest BCUT2D eigenvalue weighted by molar-refractivity contribution is 5.11. The van der Waals surface area contributed by atoms with Crippen molar-refractivity contribution in [3.05, 3.63) is 23.9 Å². The Labute approximate surface area is 53.3 Å². The molecule has 1 rings (SSSR count). The number of hydrogen-bond donors (Lipinski definition) is 0. The van der Waals surface area contributed by atoms with Gasteiger partial charge in [-0.2, -0.15) is 17.6 Å². The molecule has 1 aromatic rings. The van der Waals surface area contributed by atoms with Crippen molar-refractivity contribution in [1.29, 1.82) is 0 Å². The van der Waals surface area contributed by atoms with Crippen LogP contribution in [0.4, 0.5) is 17.6 Å². The lowest BCUT2D eigenvalue weighted by Gasteiger charge is -2.00. The smallest absolute Gasteiger partial charge is 0.422 e. The summed E-state index contributed by atoms with van der Waals surface area (Å²) in [6.07, 6.45) is -4.00. The summed E-state index contributed by atoms with van der Waals surface area (Å²) in [5.41, 5.74) is -1.37. The first-order valence-electron chi connectivity index (χ1n) is 2.32. The molecule has 0 atom stereocenters. The standard InChI is InChI=1S/C5H2F4O/c6-4-3(1-2-10-4)5(7,8)9/h1-2H. The maximum Gasteiger partial charge on any atom is 0.422 e. The molecule has 0 saturated heterocycles. The monoisotopic (exact) mass is 154 g/mol. The number of halogens is 4. The zero-order valence-electron chi connectivity index (χ0n) is 4.57. The zero-order chi connectivity index (χ0) is 7.78. The van der Waals surface area contributed by atoms with Crippen molar-refractivity contribution in [2.45, 2.75) is 6.18 Å². The number of rotatable bonds is 0. The molecule has 0 spiro atoms. The molecule has 0 aliphatic carbocycles. The molecule has 1 nitrogen and oxygen atoms in total. The van der Waals surface area contributed by atoms with E-state index in [2.05, 4.69) is 4.42 Å². The molecule has 0 N–H and O–H groups in total. The van der Waals surface area contributed by atoms with Crippen LogP contribution in [-0.2, 0) is 6.18 Å². The Morgan fingerprint density at radius 3 is 2.10 bits per heavy atom. The van der Waals surface area contributed by atoms with Crippen LogP contribution in [0.1, 0.15) is 5.56 Å². The second-order valence-electron chi connectivity index (χ2n) is 1.61. The third-order valence-corrected chi connectivity index (χ3v) is 0.923. The Kier molecular flexibility index (Phi) is 1.42. The quantitative estimate of drug-likeness (QED) is 0.523. The van der Waals surface area contributed by atoms with E-state index in [0.717, 1.165) is 0 Å². The van der Waals surface area contributed by atoms with Crippen LogP contribution in [0.2, 0.25) is 0 Å². The van der Waals surface area contributed by atoms with Crippen LogP contribution in [0.25, 0.3) is 0 Å². The second-order valence-corrected chi connectivity index (χ2v) is 1.61. The summed E-state index contributed by atoms with van der Waals surface area (Å²) in [5.74, 6) is 0. The Morgan fingerprint density at radius 1 is 1.30 bits per heavy atom. The van der Waals surface area contributed by atoms with Gasteiger partial charge in [0.2, 0.25) is 0 Å². The summed E-state index contributed by atoms with van der Waals surface area (Å²) in [6, 6.07) is -1.05. The Morgan fingerprint density at radius 2 is 1.90 bits per heavy atom. The predicted octanol–water partition coefficient (Wildman–Crippen LogP) is 2.44. The minimum Gasteiger partial charge on any atom is -0.439 e. The van der Waals surface area contributed by atoms with Crippen molar-refractivity contribution in [3.63, 3.8) is 0 Å². The zero-order valence-corrected chi connectivity index (χ0v) is 4.57. The molecule has 0 radical (unpaired) electrons. The van der Waals surface area contributed by atoms with E-state index < -0.39 is 17.8 Å². The van der Waals surface area contributed by atoms with Gasteiger partial charge in [0.25, 0.3) is 6.01 Å². The van der Waals surface area contributed by atoms with E-state index in [-0.39, 0.29) is 0 Å². The van der Waals surface area contributed by atoms with Crippen molar-refractivity contribution in [2.24, 2.45) is 0 Å². The molecule has 10 heavy (non-hydrogen) atoms. The van der Waals surface area contributed by atoms with Crippen LogP contribution < -0.4 is 0 Å². The highest BCUT2D eigenvalue weighted by Gasteiger charge is 2.35. The van der Waals surface area contributed by atoms with Gasteiger partial charge in [0.05, 0.1) is 6.26 Å². The molecule has 0 aliphatic rings. The third kappa shape index (κ3) is 1.12. The molecule has 1 aromatic heterocycles. The van der Waals surface area contributed by atoms with E-state index >= 15 is 0 Å². The SMILES string of the molecule is Fc1occc1C(F)(F)F. The van der Waals surface area contributed by atoms with E-state index in [1.807, 2.05) is 0 Å². The fourth-order valence-electron chi connectivity index (χ4n) is 0.497. The van der Waals surface area contributed by atoms with Gasteiger partial charge in [-0.25, -0.2) is 0 Å². The molecule has 0 amide bonds. The molecule has 0 saturated carbocycles. The summed E-state index contributed by atoms with van der Waals surface area (Å²) >= 11 is 0. The summed E-state index contributed by atoms with van der Waals surface area (Å²) in [7, 11) is 0. The maximum absolute atomic E-state index is 12.0. The lowest BCUT2D eigenvalue weighted by molar-refractivity contribution is -0.141. The molecule has 5 heteroatoms. The van der Waals surface area contributed by atoms with E-state index in [1.165, 1.54) is 0 Å². The molecule has 1 heterocycles. The molecule has 0 aliphatic heterocycles. The fraction of sp³-hybridized carbons (Fsp3) is 0.200. The van der Waals surface area contributed by atoms with Crippen molar-refractivity contribution in [2.75, 3.05) is 0 Å². The van der Waals surface area contributed by atoms with Crippen molar-refractivity contribution in [1.82, 2.24) is 0 Å². The first-order valence-corrected chi connectivity index (χ1v) is 2.32. The third-order valence-electron chi connectivity index (χ3n) is 0.923. The number of hydrogen-bond acceptors (Lipinski definition) is 1. The summed E-state index contributed by atoms with van der Waals surface area (Å²) in [6.45, 7) is 0. The summed E-state index contributed by atoms with van der Waals surface area (Å²) in [4.78, 5) is 0. The second kappa shape index (κ2) is 2.00. The van der Waals surface area contributed by atoms with Gasteiger partial charge in [-0.1, -0.05) is 0 Å². The van der Waals surface area contributed by atoms with Crippen LogP contribution in [0, 0.1) is 6.01 Å². The average Bonchev–Trinajstić information content (AvgIpc) is 2.11. The maximum atomic E-state index is 12.0. The molecule has 0 aromatic carbocycles. The highest BCUT2D eigenvalue weighted by Crippen LogP contribution is 2.31. The van der Waals surface area contributed by atoms with Gasteiger partial charge in [-0.3, -0.25) is 0 Å². The molecule has 0 unspecified atom stereocenters. The molecular formula is C5H2F4O. The average molecular weight is 154 g/mol. The van der Waals surface area contributed by atoms with Gasteiger partial charge in [0, 0.05) is 0 Å². The van der Waals surface area contributed by atoms with E-state index in [0.29, 0.717) is 12.3 Å². The van der Waals surface area contributed by atoms with Gasteiger partial charge in [-0.15, -0.1) is 0 Å². The molecular weight excluding hydrogens is 152 g/mol. The van der Waals surface area contributed by atoms with Gasteiger partial charge in [-0.05, 0) is 6.07 Å². The van der Waals surface area contributed by atoms with E-state index in [4.69, 9.17) is 0 Å². The van der Waals surface area contributed by atoms with Gasteiger partial charge in [0.15, 0.2) is 0 Å². The van der Waals surface area contributed by atoms with Gasteiger partial charge in [0.1, 0.15) is 5.56 Å². The predicted molar refractivity (Wildman–Crippen MR) is 23.7 cm³/mol. The topological polar surface area (TPSA) is 13.1 Å². The van der Waals surface area contributed by atoms with Gasteiger partial charge >= 0.3 is 6.18 Å². The van der Waals surface area contributed by atoms with Gasteiger partial charge < -0.3 is 4.42 Å². The lowest BCUT2D eigenvalue weighted by Crippen LogP contribution is -2.04. The van der Waals surface area contributed by atoms with Crippen LogP contribution in [0.15, 0.2) is 16.7 Å². The normalized spacial score (nSPS) is 12.0. The highest BCUT2D eigenvalue weighted by atomic mass is 19.4. The van der Waals surface area contributed by atoms with Crippen LogP contribution in [0.5, 0.6) is 0 Å². The Bertz CT molecular complexity index is 224. The minimum atomic E-state index is -4.66. The fourth-order valence-corrected chi connectivity index (χ4v) is 0.497. The first kappa shape index (κ1) is 7.11. The van der Waals surface area contributed by atoms with E-state index in [1.54, 1.807) is 0 Å². The van der Waals surface area contributed by atoms with Crippen LogP contribution in [-0.4, -0.2) is 0 Å². The minimum absolute atomic E-state index is 0.537. The Balaban J connectivity index is 3.05. The Hall–Kier alpha value is -1.00. The van der Waals surface area contributed by atoms with Crippen LogP contribution >= 0.6 is 0 Å². The van der Waals surface area contributed by atoms with E-state index in [9.17, 15) is 17.6 Å². The molecule has 0 fully saturated rings. The summed E-state index contributed by atoms with van der Waals surface area (Å²) < 4.78 is 50.5. The largest absolute Gasteiger partial charge is 0.439 e. The van der Waals surface area contributed by atoms with Crippen LogP contribution in [0.3, 0.4) is 0 Å². The summed E-state index contributed by atoms with van der Waals surface area (Å²) in [5, 5.41) is 0. The molecule has 56 valence electrons. The van der Waals surface area contributed by atoms with Crippen molar-refractivity contribution < 1.29 is 22.0 Å². The first-order chi connectivity index (χ1) is 4.52. The lowest BCUT2D eigenvalue weighted by atomic mass is 10.3. The molecule has 0 bridgehead atoms. The number of alkyl halides is 3. The van der Waals surface area contributed by atoms with Crippen molar-refractivity contribution >= 4 is 0 Å². The van der Waals surface area contributed by atoms with Crippen molar-refractivity contribution in [3.8, 4) is 0 Å².